The van der Waals surface area contributed by atoms with Gasteiger partial charge in [-0.1, -0.05) is 31.8 Å². The van der Waals surface area contributed by atoms with E-state index in [1.165, 1.54) is 25.7 Å². The Hall–Kier alpha value is -0.340. The molecule has 0 heterocycles. The van der Waals surface area contributed by atoms with E-state index in [9.17, 15) is 5.11 Å². The summed E-state index contributed by atoms with van der Waals surface area (Å²) in [6, 6.07) is -0.0873. The van der Waals surface area contributed by atoms with E-state index in [1.807, 2.05) is 13.0 Å². The number of rotatable bonds is 9. The van der Waals surface area contributed by atoms with Gasteiger partial charge in [-0.3, -0.25) is 0 Å². The van der Waals surface area contributed by atoms with Gasteiger partial charge in [-0.05, 0) is 26.2 Å². The average molecular weight is 199 g/mol. The quantitative estimate of drug-likeness (QED) is 0.443. The lowest BCUT2D eigenvalue weighted by molar-refractivity contribution is 0.138. The van der Waals surface area contributed by atoms with E-state index >= 15 is 0 Å². The molecule has 0 aliphatic heterocycles. The van der Waals surface area contributed by atoms with Gasteiger partial charge in [0.1, 0.15) is 0 Å². The number of hydrogen-bond donors (Lipinski definition) is 2. The third-order valence-electron chi connectivity index (χ3n) is 2.52. The molecule has 0 amide bonds. The molecule has 14 heavy (non-hydrogen) atoms. The van der Waals surface area contributed by atoms with Gasteiger partial charge in [-0.25, -0.2) is 0 Å². The molecule has 0 saturated heterocycles. The van der Waals surface area contributed by atoms with E-state index in [1.54, 1.807) is 0 Å². The van der Waals surface area contributed by atoms with Crippen LogP contribution in [0.5, 0.6) is 0 Å². The summed E-state index contributed by atoms with van der Waals surface area (Å²) >= 11 is 0. The lowest BCUT2D eigenvalue weighted by Gasteiger charge is -2.13. The highest BCUT2D eigenvalue weighted by atomic mass is 16.3. The molecule has 2 nitrogen and oxygen atoms in total. The normalized spacial score (nSPS) is 15.1. The molecule has 0 bridgehead atoms. The molecule has 0 fully saturated rings. The van der Waals surface area contributed by atoms with Gasteiger partial charge in [0.15, 0.2) is 0 Å². The van der Waals surface area contributed by atoms with E-state index < -0.39 is 0 Å². The third-order valence-corrected chi connectivity index (χ3v) is 2.52. The summed E-state index contributed by atoms with van der Waals surface area (Å²) in [6.07, 6.45) is 9.72. The highest BCUT2D eigenvalue weighted by Crippen LogP contribution is 2.09. The van der Waals surface area contributed by atoms with Crippen LogP contribution in [0.25, 0.3) is 0 Å². The molecule has 0 radical (unpaired) electrons. The molecular weight excluding hydrogens is 174 g/mol. The Morgan fingerprint density at radius 2 is 1.79 bits per heavy atom. The topological polar surface area (TPSA) is 46.2 Å². The van der Waals surface area contributed by atoms with E-state index in [0.29, 0.717) is 0 Å². The second-order valence-electron chi connectivity index (χ2n) is 4.06. The lowest BCUT2D eigenvalue weighted by atomic mass is 10.0. The summed E-state index contributed by atoms with van der Waals surface area (Å²) in [5.41, 5.74) is 5.56. The zero-order valence-corrected chi connectivity index (χ0v) is 9.41. The Labute approximate surface area is 88.2 Å². The van der Waals surface area contributed by atoms with Gasteiger partial charge < -0.3 is 10.8 Å². The largest absolute Gasteiger partial charge is 0.392 e. The molecule has 0 aromatic rings. The van der Waals surface area contributed by atoms with Crippen LogP contribution < -0.4 is 5.73 Å². The van der Waals surface area contributed by atoms with Crippen LogP contribution in [0.1, 0.15) is 51.9 Å². The summed E-state index contributed by atoms with van der Waals surface area (Å²) in [7, 11) is 0. The molecule has 0 rings (SSSR count). The monoisotopic (exact) mass is 199 g/mol. The molecule has 0 saturated carbocycles. The predicted molar refractivity (Wildman–Crippen MR) is 62.2 cm³/mol. The Kier molecular flexibility index (Phi) is 9.00. The highest BCUT2D eigenvalue weighted by molar-refractivity contribution is 4.67. The minimum Gasteiger partial charge on any atom is -0.392 e. The van der Waals surface area contributed by atoms with Gasteiger partial charge in [0, 0.05) is 6.04 Å². The van der Waals surface area contributed by atoms with E-state index in [2.05, 4.69) is 6.58 Å². The van der Waals surface area contributed by atoms with E-state index in [-0.39, 0.29) is 12.1 Å². The van der Waals surface area contributed by atoms with Crippen LogP contribution in [0.15, 0.2) is 12.7 Å². The van der Waals surface area contributed by atoms with Crippen LogP contribution in [0.4, 0.5) is 0 Å². The molecule has 3 N–H and O–H groups in total. The molecule has 0 spiro atoms. The van der Waals surface area contributed by atoms with Crippen LogP contribution in [0.3, 0.4) is 0 Å². The van der Waals surface area contributed by atoms with Crippen LogP contribution in [0, 0.1) is 0 Å². The summed E-state index contributed by atoms with van der Waals surface area (Å²) in [5, 5.41) is 9.43. The van der Waals surface area contributed by atoms with Crippen LogP contribution in [-0.2, 0) is 0 Å². The Morgan fingerprint density at radius 3 is 2.36 bits per heavy atom. The SMILES string of the molecule is C=CCCCCCCCC(O)C(C)N. The number of aliphatic hydroxyl groups excluding tert-OH is 1. The molecule has 0 aromatic heterocycles. The summed E-state index contributed by atoms with van der Waals surface area (Å²) in [4.78, 5) is 0. The van der Waals surface area contributed by atoms with E-state index in [0.717, 1.165) is 19.3 Å². The fourth-order valence-corrected chi connectivity index (χ4v) is 1.44. The molecule has 0 aliphatic rings. The third kappa shape index (κ3) is 8.27. The number of allylic oxidation sites excluding steroid dienone is 1. The highest BCUT2D eigenvalue weighted by Gasteiger charge is 2.07. The van der Waals surface area contributed by atoms with Crippen molar-refractivity contribution in [2.45, 2.75) is 64.0 Å². The first-order valence-electron chi connectivity index (χ1n) is 5.73. The van der Waals surface area contributed by atoms with Crippen LogP contribution in [-0.4, -0.2) is 17.3 Å². The Balaban J connectivity index is 3.09. The van der Waals surface area contributed by atoms with Crippen molar-refractivity contribution in [1.29, 1.82) is 0 Å². The van der Waals surface area contributed by atoms with E-state index in [4.69, 9.17) is 5.73 Å². The van der Waals surface area contributed by atoms with Crippen molar-refractivity contribution in [2.75, 3.05) is 0 Å². The van der Waals surface area contributed by atoms with Crippen molar-refractivity contribution in [3.05, 3.63) is 12.7 Å². The van der Waals surface area contributed by atoms with Crippen molar-refractivity contribution in [3.8, 4) is 0 Å². The molecular formula is C12H25NO. The zero-order valence-electron chi connectivity index (χ0n) is 9.41. The average Bonchev–Trinajstić information content (AvgIpc) is 2.16. The molecule has 2 unspecified atom stereocenters. The summed E-state index contributed by atoms with van der Waals surface area (Å²) in [5.74, 6) is 0. The lowest BCUT2D eigenvalue weighted by Crippen LogP contribution is -2.31. The van der Waals surface area contributed by atoms with Gasteiger partial charge >= 0.3 is 0 Å². The van der Waals surface area contributed by atoms with Gasteiger partial charge in [-0.2, -0.15) is 0 Å². The van der Waals surface area contributed by atoms with Gasteiger partial charge in [0.25, 0.3) is 0 Å². The Bertz CT molecular complexity index is 134. The molecule has 0 aliphatic carbocycles. The maximum atomic E-state index is 9.43. The number of aliphatic hydroxyl groups is 1. The maximum absolute atomic E-state index is 9.43. The number of unbranched alkanes of at least 4 members (excludes halogenated alkanes) is 5. The van der Waals surface area contributed by atoms with Gasteiger partial charge in [0.2, 0.25) is 0 Å². The van der Waals surface area contributed by atoms with Crippen LogP contribution in [0.2, 0.25) is 0 Å². The smallest absolute Gasteiger partial charge is 0.0688 e. The summed E-state index contributed by atoms with van der Waals surface area (Å²) < 4.78 is 0. The predicted octanol–water partition coefficient (Wildman–Crippen LogP) is 2.61. The molecule has 0 aromatic carbocycles. The zero-order chi connectivity index (χ0) is 10.8. The molecule has 84 valence electrons. The number of nitrogens with two attached hydrogens (primary N) is 1. The standard InChI is InChI=1S/C12H25NO/c1-3-4-5-6-7-8-9-10-12(14)11(2)13/h3,11-12,14H,1,4-10,13H2,2H3. The van der Waals surface area contributed by atoms with Crippen molar-refractivity contribution < 1.29 is 5.11 Å². The first-order chi connectivity index (χ1) is 6.68. The van der Waals surface area contributed by atoms with Crippen LogP contribution >= 0.6 is 0 Å². The Morgan fingerprint density at radius 1 is 1.21 bits per heavy atom. The minimum atomic E-state index is -0.317. The van der Waals surface area contributed by atoms with Gasteiger partial charge in [-0.15, -0.1) is 6.58 Å². The fraction of sp³-hybridized carbons (Fsp3) is 0.833. The molecule has 2 heteroatoms. The maximum Gasteiger partial charge on any atom is 0.0688 e. The van der Waals surface area contributed by atoms with Crippen molar-refractivity contribution in [1.82, 2.24) is 0 Å². The molecule has 2 atom stereocenters. The second-order valence-corrected chi connectivity index (χ2v) is 4.06. The first-order valence-corrected chi connectivity index (χ1v) is 5.73. The van der Waals surface area contributed by atoms with Crippen molar-refractivity contribution in [2.24, 2.45) is 5.73 Å². The van der Waals surface area contributed by atoms with Crippen molar-refractivity contribution >= 4 is 0 Å². The first kappa shape index (κ1) is 13.7. The number of hydrogen-bond acceptors (Lipinski definition) is 2. The fourth-order valence-electron chi connectivity index (χ4n) is 1.44. The minimum absolute atomic E-state index is 0.0873. The summed E-state index contributed by atoms with van der Waals surface area (Å²) in [6.45, 7) is 5.55. The van der Waals surface area contributed by atoms with Crippen molar-refractivity contribution in [3.63, 3.8) is 0 Å². The second kappa shape index (κ2) is 9.22. The van der Waals surface area contributed by atoms with Gasteiger partial charge in [0.05, 0.1) is 6.10 Å².